The predicted octanol–water partition coefficient (Wildman–Crippen LogP) is 2.03. The second-order valence-corrected chi connectivity index (χ2v) is 6.93. The van der Waals surface area contributed by atoms with Crippen LogP contribution in [0.15, 0.2) is 40.7 Å². The molecule has 108 valence electrons. The van der Waals surface area contributed by atoms with E-state index in [2.05, 4.69) is 10.3 Å². The molecule has 0 aliphatic carbocycles. The normalized spacial score (nSPS) is 13.3. The summed E-state index contributed by atoms with van der Waals surface area (Å²) < 4.78 is 22.8. The number of rotatable bonds is 6. The average molecular weight is 311 g/mol. The topological polar surface area (TPSA) is 85.1 Å². The molecule has 20 heavy (non-hydrogen) atoms. The highest BCUT2D eigenvalue weighted by Crippen LogP contribution is 2.20. The number of nitrogens with one attached hydrogen (secondary N) is 1. The minimum Gasteiger partial charge on any atom is -0.304 e. The first-order valence-corrected chi connectivity index (χ1v) is 8.68. The van der Waals surface area contributed by atoms with E-state index in [0.717, 1.165) is 17.0 Å². The number of primary sulfonamides is 1. The lowest BCUT2D eigenvalue weighted by molar-refractivity contribution is 0.517. The summed E-state index contributed by atoms with van der Waals surface area (Å²) >= 11 is 1.59. The van der Waals surface area contributed by atoms with Gasteiger partial charge in [0, 0.05) is 24.2 Å². The van der Waals surface area contributed by atoms with Crippen LogP contribution in [0.25, 0.3) is 0 Å². The van der Waals surface area contributed by atoms with Crippen molar-refractivity contribution in [1.29, 1.82) is 0 Å². The van der Waals surface area contributed by atoms with Crippen LogP contribution in [0.2, 0.25) is 0 Å². The molecule has 0 aliphatic rings. The number of hydrogen-bond donors (Lipinski definition) is 2. The second kappa shape index (κ2) is 6.45. The molecule has 2 rings (SSSR count). The molecule has 0 saturated heterocycles. The van der Waals surface area contributed by atoms with Crippen molar-refractivity contribution in [2.75, 3.05) is 0 Å². The lowest BCUT2D eigenvalue weighted by Gasteiger charge is -2.17. The van der Waals surface area contributed by atoms with E-state index in [0.29, 0.717) is 6.54 Å². The van der Waals surface area contributed by atoms with Crippen molar-refractivity contribution in [3.63, 3.8) is 0 Å². The standard InChI is InChI=1S/C13H17N3O2S2/c1-2-12(16-9-13-15-6-7-19-13)10-4-3-5-11(8-10)20(14,17)18/h3-8,12,16H,2,9H2,1H3,(H2,14,17,18)/t12-/m1/s1. The third kappa shape index (κ3) is 3.86. The third-order valence-electron chi connectivity index (χ3n) is 2.98. The van der Waals surface area contributed by atoms with E-state index in [9.17, 15) is 8.42 Å². The van der Waals surface area contributed by atoms with Crippen LogP contribution in [0.5, 0.6) is 0 Å². The van der Waals surface area contributed by atoms with Crippen LogP contribution in [-0.2, 0) is 16.6 Å². The molecule has 2 aromatic rings. The molecule has 0 aliphatic heterocycles. The van der Waals surface area contributed by atoms with Gasteiger partial charge in [0.1, 0.15) is 5.01 Å². The molecule has 1 atom stereocenters. The fraction of sp³-hybridized carbons (Fsp3) is 0.308. The summed E-state index contributed by atoms with van der Waals surface area (Å²) in [6.07, 6.45) is 2.61. The minimum absolute atomic E-state index is 0.0700. The minimum atomic E-state index is -3.66. The van der Waals surface area contributed by atoms with E-state index in [1.165, 1.54) is 6.07 Å². The van der Waals surface area contributed by atoms with Crippen molar-refractivity contribution in [3.05, 3.63) is 46.4 Å². The maximum Gasteiger partial charge on any atom is 0.238 e. The Hall–Kier alpha value is -1.28. The van der Waals surface area contributed by atoms with Crippen molar-refractivity contribution >= 4 is 21.4 Å². The molecular weight excluding hydrogens is 294 g/mol. The Bertz CT molecular complexity index is 654. The van der Waals surface area contributed by atoms with E-state index in [-0.39, 0.29) is 10.9 Å². The molecule has 0 fully saturated rings. The molecule has 0 saturated carbocycles. The summed E-state index contributed by atoms with van der Waals surface area (Å²) in [5.74, 6) is 0. The van der Waals surface area contributed by atoms with Crippen molar-refractivity contribution in [2.24, 2.45) is 5.14 Å². The van der Waals surface area contributed by atoms with Crippen molar-refractivity contribution in [1.82, 2.24) is 10.3 Å². The SMILES string of the molecule is CC[C@@H](NCc1nccs1)c1cccc(S(N)(=O)=O)c1. The Labute approximate surface area is 122 Å². The molecule has 1 heterocycles. The van der Waals surface area contributed by atoms with Crippen LogP contribution in [0.3, 0.4) is 0 Å². The summed E-state index contributed by atoms with van der Waals surface area (Å²) in [7, 11) is -3.66. The van der Waals surface area contributed by atoms with Gasteiger partial charge in [-0.15, -0.1) is 11.3 Å². The molecule has 0 unspecified atom stereocenters. The maximum atomic E-state index is 11.4. The third-order valence-corrected chi connectivity index (χ3v) is 4.67. The Morgan fingerprint density at radius 3 is 2.85 bits per heavy atom. The zero-order valence-electron chi connectivity index (χ0n) is 11.1. The van der Waals surface area contributed by atoms with Gasteiger partial charge in [0.2, 0.25) is 10.0 Å². The molecule has 0 spiro atoms. The number of thiazole rings is 1. The van der Waals surface area contributed by atoms with E-state index < -0.39 is 10.0 Å². The molecule has 1 aromatic heterocycles. The molecule has 0 amide bonds. The summed E-state index contributed by atoms with van der Waals surface area (Å²) in [4.78, 5) is 4.36. The largest absolute Gasteiger partial charge is 0.304 e. The average Bonchev–Trinajstić information content (AvgIpc) is 2.92. The van der Waals surface area contributed by atoms with Gasteiger partial charge in [-0.2, -0.15) is 0 Å². The highest BCUT2D eigenvalue weighted by Gasteiger charge is 2.13. The number of nitrogens with zero attached hydrogens (tertiary/aromatic N) is 1. The molecule has 7 heteroatoms. The summed E-state index contributed by atoms with van der Waals surface area (Å²) in [6, 6.07) is 6.81. The first-order chi connectivity index (χ1) is 9.50. The van der Waals surface area contributed by atoms with Crippen LogP contribution >= 0.6 is 11.3 Å². The summed E-state index contributed by atoms with van der Waals surface area (Å²) in [5, 5.41) is 11.5. The van der Waals surface area contributed by atoms with Crippen LogP contribution in [-0.4, -0.2) is 13.4 Å². The van der Waals surface area contributed by atoms with Crippen molar-refractivity contribution < 1.29 is 8.42 Å². The first kappa shape index (κ1) is 15.1. The fourth-order valence-electron chi connectivity index (χ4n) is 1.96. The predicted molar refractivity (Wildman–Crippen MR) is 79.8 cm³/mol. The van der Waals surface area contributed by atoms with Gasteiger partial charge in [0.05, 0.1) is 4.90 Å². The van der Waals surface area contributed by atoms with Crippen molar-refractivity contribution in [3.8, 4) is 0 Å². The van der Waals surface area contributed by atoms with E-state index in [1.54, 1.807) is 29.7 Å². The fourth-order valence-corrected chi connectivity index (χ4v) is 3.09. The van der Waals surface area contributed by atoms with Gasteiger partial charge in [-0.1, -0.05) is 19.1 Å². The van der Waals surface area contributed by atoms with Crippen LogP contribution in [0.4, 0.5) is 0 Å². The van der Waals surface area contributed by atoms with E-state index in [4.69, 9.17) is 5.14 Å². The lowest BCUT2D eigenvalue weighted by Crippen LogP contribution is -2.21. The molecule has 3 N–H and O–H groups in total. The number of sulfonamides is 1. The Balaban J connectivity index is 2.15. The smallest absolute Gasteiger partial charge is 0.238 e. The summed E-state index contributed by atoms with van der Waals surface area (Å²) in [6.45, 7) is 2.71. The number of hydrogen-bond acceptors (Lipinski definition) is 5. The van der Waals surface area contributed by atoms with Crippen LogP contribution in [0, 0.1) is 0 Å². The van der Waals surface area contributed by atoms with Crippen LogP contribution in [0.1, 0.15) is 30.0 Å². The molecule has 1 aromatic carbocycles. The molecular formula is C13H17N3O2S2. The molecule has 0 radical (unpaired) electrons. The van der Waals surface area contributed by atoms with Gasteiger partial charge in [-0.25, -0.2) is 18.5 Å². The van der Waals surface area contributed by atoms with Gasteiger partial charge in [0.15, 0.2) is 0 Å². The maximum absolute atomic E-state index is 11.4. The van der Waals surface area contributed by atoms with Gasteiger partial charge < -0.3 is 5.32 Å². The van der Waals surface area contributed by atoms with Gasteiger partial charge >= 0.3 is 0 Å². The number of benzene rings is 1. The number of nitrogens with two attached hydrogens (primary N) is 1. The monoisotopic (exact) mass is 311 g/mol. The van der Waals surface area contributed by atoms with Gasteiger partial charge in [-0.05, 0) is 24.1 Å². The van der Waals surface area contributed by atoms with E-state index in [1.807, 2.05) is 18.4 Å². The quantitative estimate of drug-likeness (QED) is 0.855. The first-order valence-electron chi connectivity index (χ1n) is 6.25. The molecule has 0 bridgehead atoms. The Morgan fingerprint density at radius 2 is 2.25 bits per heavy atom. The number of aromatic nitrogens is 1. The second-order valence-electron chi connectivity index (χ2n) is 4.39. The highest BCUT2D eigenvalue weighted by molar-refractivity contribution is 7.89. The van der Waals surface area contributed by atoms with E-state index >= 15 is 0 Å². The van der Waals surface area contributed by atoms with Crippen LogP contribution < -0.4 is 10.5 Å². The zero-order valence-corrected chi connectivity index (χ0v) is 12.7. The van der Waals surface area contributed by atoms with Gasteiger partial charge in [0.25, 0.3) is 0 Å². The molecule has 5 nitrogen and oxygen atoms in total. The van der Waals surface area contributed by atoms with Gasteiger partial charge in [-0.3, -0.25) is 0 Å². The zero-order chi connectivity index (χ0) is 14.6. The Kier molecular flexibility index (Phi) is 4.87. The highest BCUT2D eigenvalue weighted by atomic mass is 32.2. The summed E-state index contributed by atoms with van der Waals surface area (Å²) in [5.41, 5.74) is 0.913. The lowest BCUT2D eigenvalue weighted by atomic mass is 10.0. The van der Waals surface area contributed by atoms with Crippen molar-refractivity contribution in [2.45, 2.75) is 30.8 Å². The Morgan fingerprint density at radius 1 is 1.45 bits per heavy atom.